The molecule has 5 fully saturated rings. The van der Waals surface area contributed by atoms with Crippen LogP contribution in [0.3, 0.4) is 0 Å². The topological polar surface area (TPSA) is 75.4 Å². The van der Waals surface area contributed by atoms with Crippen LogP contribution in [0.5, 0.6) is 0 Å². The molecule has 0 spiro atoms. The lowest BCUT2D eigenvalue weighted by Crippen LogP contribution is -2.59. The fraction of sp³-hybridized carbons (Fsp3) is 0.533. The van der Waals surface area contributed by atoms with E-state index in [1.807, 2.05) is 30.3 Å². The molecule has 4 saturated carbocycles. The van der Waals surface area contributed by atoms with Crippen LogP contribution >= 0.6 is 0 Å². The zero-order valence-corrected chi connectivity index (χ0v) is 20.4. The van der Waals surface area contributed by atoms with E-state index >= 15 is 0 Å². The molecule has 1 aliphatic heterocycles. The van der Waals surface area contributed by atoms with Gasteiger partial charge in [0.1, 0.15) is 6.04 Å². The van der Waals surface area contributed by atoms with Crippen LogP contribution in [0.1, 0.15) is 50.5 Å². The smallest absolute Gasteiger partial charge is 0.243 e. The Balaban J connectivity index is 1.10. The second kappa shape index (κ2) is 9.42. The molecular formula is C30H37N3O2. The number of benzene rings is 2. The Hall–Kier alpha value is -2.66. The molecule has 184 valence electrons. The van der Waals surface area contributed by atoms with Crippen LogP contribution < -0.4 is 11.1 Å². The van der Waals surface area contributed by atoms with E-state index in [1.54, 1.807) is 4.90 Å². The Kier molecular flexibility index (Phi) is 6.13. The van der Waals surface area contributed by atoms with Gasteiger partial charge in [-0.25, -0.2) is 0 Å². The molecule has 2 atom stereocenters. The van der Waals surface area contributed by atoms with Crippen molar-refractivity contribution in [3.63, 3.8) is 0 Å². The van der Waals surface area contributed by atoms with Crippen molar-refractivity contribution < 1.29 is 9.59 Å². The van der Waals surface area contributed by atoms with Crippen LogP contribution in [-0.4, -0.2) is 41.4 Å². The number of likely N-dealkylation sites (tertiary alicyclic amines) is 1. The first-order chi connectivity index (χ1) is 17.0. The SMILES string of the molecule is N[C@@H](Cc1cccc(-c2ccccc2)c1)C(=O)N1CCC[C@@H]1C(=O)NC1C2CC3CC(C2)CC1C3. The van der Waals surface area contributed by atoms with Crippen molar-refractivity contribution in [2.75, 3.05) is 6.54 Å². The van der Waals surface area contributed by atoms with Gasteiger partial charge in [-0.05, 0) is 91.7 Å². The van der Waals surface area contributed by atoms with Gasteiger partial charge in [-0.3, -0.25) is 9.59 Å². The number of nitrogens with zero attached hydrogens (tertiary/aromatic N) is 1. The number of carbonyl (C=O) groups excluding carboxylic acids is 2. The molecule has 5 aliphatic rings. The van der Waals surface area contributed by atoms with Gasteiger partial charge in [-0.15, -0.1) is 0 Å². The predicted octanol–water partition coefficient (Wildman–Crippen LogP) is 4.16. The van der Waals surface area contributed by atoms with Crippen molar-refractivity contribution in [3.8, 4) is 11.1 Å². The first-order valence-electron chi connectivity index (χ1n) is 13.6. The van der Waals surface area contributed by atoms with E-state index in [0.717, 1.165) is 41.4 Å². The third-order valence-electron chi connectivity index (χ3n) is 9.18. The van der Waals surface area contributed by atoms with Gasteiger partial charge in [0.15, 0.2) is 0 Å². The zero-order chi connectivity index (χ0) is 23.9. The third-order valence-corrected chi connectivity index (χ3v) is 9.18. The summed E-state index contributed by atoms with van der Waals surface area (Å²) in [6.45, 7) is 0.621. The molecule has 4 bridgehead atoms. The van der Waals surface area contributed by atoms with Crippen LogP contribution in [0.25, 0.3) is 11.1 Å². The summed E-state index contributed by atoms with van der Waals surface area (Å²) >= 11 is 0. The maximum absolute atomic E-state index is 13.4. The van der Waals surface area contributed by atoms with E-state index in [2.05, 4.69) is 29.6 Å². The van der Waals surface area contributed by atoms with Crippen LogP contribution in [-0.2, 0) is 16.0 Å². The van der Waals surface area contributed by atoms with E-state index in [0.29, 0.717) is 30.8 Å². The fourth-order valence-electron chi connectivity index (χ4n) is 7.79. The number of carbonyl (C=O) groups is 2. The van der Waals surface area contributed by atoms with Gasteiger partial charge in [0.2, 0.25) is 11.8 Å². The molecule has 2 amide bonds. The van der Waals surface area contributed by atoms with E-state index < -0.39 is 6.04 Å². The van der Waals surface area contributed by atoms with Gasteiger partial charge in [0.05, 0.1) is 6.04 Å². The molecule has 0 unspecified atom stereocenters. The molecular weight excluding hydrogens is 434 g/mol. The maximum Gasteiger partial charge on any atom is 0.243 e. The van der Waals surface area contributed by atoms with Crippen LogP contribution in [0.4, 0.5) is 0 Å². The summed E-state index contributed by atoms with van der Waals surface area (Å²) in [5, 5.41) is 3.43. The van der Waals surface area contributed by atoms with Gasteiger partial charge in [0.25, 0.3) is 0 Å². The molecule has 5 heteroatoms. The fourth-order valence-corrected chi connectivity index (χ4v) is 7.79. The number of amides is 2. The molecule has 35 heavy (non-hydrogen) atoms. The number of rotatable bonds is 6. The van der Waals surface area contributed by atoms with Gasteiger partial charge >= 0.3 is 0 Å². The first kappa shape index (κ1) is 22.8. The van der Waals surface area contributed by atoms with Gasteiger partial charge in [-0.2, -0.15) is 0 Å². The summed E-state index contributed by atoms with van der Waals surface area (Å²) in [4.78, 5) is 28.5. The Morgan fingerprint density at radius 2 is 1.60 bits per heavy atom. The Morgan fingerprint density at radius 1 is 0.914 bits per heavy atom. The summed E-state index contributed by atoms with van der Waals surface area (Å²) in [6, 6.07) is 17.8. The molecule has 2 aromatic rings. The highest BCUT2D eigenvalue weighted by Gasteiger charge is 2.49. The Labute approximate surface area is 208 Å². The average Bonchev–Trinajstić information content (AvgIpc) is 3.36. The lowest BCUT2D eigenvalue weighted by atomic mass is 9.54. The standard InChI is InChI=1S/C30H37N3O2/c31-26(18-19-6-4-9-23(13-19)22-7-2-1-3-8-22)30(35)33-11-5-10-27(33)29(34)32-28-24-14-20-12-21(16-24)17-25(28)15-20/h1-4,6-9,13,20-21,24-28H,5,10-12,14-18,31H2,(H,32,34)/t20?,21?,24?,25?,26-,27+,28?/m0/s1. The Morgan fingerprint density at radius 3 is 2.31 bits per heavy atom. The van der Waals surface area contributed by atoms with E-state index in [9.17, 15) is 9.59 Å². The summed E-state index contributed by atoms with van der Waals surface area (Å²) < 4.78 is 0. The summed E-state index contributed by atoms with van der Waals surface area (Å²) in [5.41, 5.74) is 9.75. The van der Waals surface area contributed by atoms with Crippen molar-refractivity contribution >= 4 is 11.8 Å². The highest BCUT2D eigenvalue weighted by molar-refractivity contribution is 5.90. The van der Waals surface area contributed by atoms with E-state index in [1.165, 1.54) is 32.1 Å². The third kappa shape index (κ3) is 4.51. The van der Waals surface area contributed by atoms with Gasteiger partial charge < -0.3 is 16.0 Å². The predicted molar refractivity (Wildman–Crippen MR) is 137 cm³/mol. The van der Waals surface area contributed by atoms with Crippen LogP contribution in [0.2, 0.25) is 0 Å². The Bertz CT molecular complexity index is 1060. The largest absolute Gasteiger partial charge is 0.351 e. The van der Waals surface area contributed by atoms with Crippen molar-refractivity contribution in [2.45, 2.75) is 69.5 Å². The molecule has 3 N–H and O–H groups in total. The lowest BCUT2D eigenvalue weighted by molar-refractivity contribution is -0.140. The second-order valence-electron chi connectivity index (χ2n) is 11.5. The zero-order valence-electron chi connectivity index (χ0n) is 20.4. The molecule has 5 nitrogen and oxygen atoms in total. The minimum Gasteiger partial charge on any atom is -0.351 e. The molecule has 0 aromatic heterocycles. The normalized spacial score (nSPS) is 32.0. The second-order valence-corrected chi connectivity index (χ2v) is 11.5. The van der Waals surface area contributed by atoms with Crippen LogP contribution in [0, 0.1) is 23.7 Å². The molecule has 4 aliphatic carbocycles. The maximum atomic E-state index is 13.4. The highest BCUT2D eigenvalue weighted by Crippen LogP contribution is 2.53. The lowest BCUT2D eigenvalue weighted by Gasteiger charge is -2.54. The van der Waals surface area contributed by atoms with Crippen LogP contribution in [0.15, 0.2) is 54.6 Å². The summed E-state index contributed by atoms with van der Waals surface area (Å²) in [7, 11) is 0. The van der Waals surface area contributed by atoms with Crippen molar-refractivity contribution in [1.82, 2.24) is 10.2 Å². The molecule has 1 heterocycles. The van der Waals surface area contributed by atoms with Crippen molar-refractivity contribution in [2.24, 2.45) is 29.4 Å². The van der Waals surface area contributed by atoms with Gasteiger partial charge in [-0.1, -0.05) is 54.6 Å². The molecule has 7 rings (SSSR count). The van der Waals surface area contributed by atoms with Crippen molar-refractivity contribution in [1.29, 1.82) is 0 Å². The summed E-state index contributed by atoms with van der Waals surface area (Å²) in [5.74, 6) is 2.99. The van der Waals surface area contributed by atoms with Gasteiger partial charge in [0, 0.05) is 12.6 Å². The van der Waals surface area contributed by atoms with E-state index in [4.69, 9.17) is 5.73 Å². The quantitative estimate of drug-likeness (QED) is 0.664. The number of hydrogen-bond donors (Lipinski definition) is 2. The van der Waals surface area contributed by atoms with Crippen molar-refractivity contribution in [3.05, 3.63) is 60.2 Å². The molecule has 0 radical (unpaired) electrons. The summed E-state index contributed by atoms with van der Waals surface area (Å²) in [6.07, 6.45) is 8.58. The number of hydrogen-bond acceptors (Lipinski definition) is 3. The highest BCUT2D eigenvalue weighted by atomic mass is 16.2. The molecule has 2 aromatic carbocycles. The molecule has 1 saturated heterocycles. The number of nitrogens with one attached hydrogen (secondary N) is 1. The minimum atomic E-state index is -0.643. The number of nitrogens with two attached hydrogens (primary N) is 1. The average molecular weight is 472 g/mol. The van der Waals surface area contributed by atoms with E-state index in [-0.39, 0.29) is 17.9 Å². The minimum absolute atomic E-state index is 0.0478. The monoisotopic (exact) mass is 471 g/mol. The first-order valence-corrected chi connectivity index (χ1v) is 13.6.